The SMILES string of the molecule is C=C(NCCN(C)CC(C)=O)c1cc2c(cc1C)CCB2C. The molecule has 22 heavy (non-hydrogen) atoms. The van der Waals surface area contributed by atoms with Gasteiger partial charge in [-0.15, -0.1) is 0 Å². The Morgan fingerprint density at radius 2 is 2.18 bits per heavy atom. The van der Waals surface area contributed by atoms with Gasteiger partial charge in [-0.25, -0.2) is 0 Å². The predicted octanol–water partition coefficient (Wildman–Crippen LogP) is 1.96. The van der Waals surface area contributed by atoms with Crippen LogP contribution in [0.25, 0.3) is 5.70 Å². The lowest BCUT2D eigenvalue weighted by molar-refractivity contribution is -0.117. The van der Waals surface area contributed by atoms with Gasteiger partial charge in [-0.3, -0.25) is 9.69 Å². The fourth-order valence-electron chi connectivity index (χ4n) is 3.26. The fraction of sp³-hybridized carbons (Fsp3) is 0.500. The Morgan fingerprint density at radius 1 is 1.45 bits per heavy atom. The second-order valence-corrected chi connectivity index (χ2v) is 6.65. The van der Waals surface area contributed by atoms with E-state index in [1.165, 1.54) is 34.9 Å². The zero-order valence-corrected chi connectivity index (χ0v) is 14.3. The van der Waals surface area contributed by atoms with Crippen molar-refractivity contribution >= 4 is 23.7 Å². The largest absolute Gasteiger partial charge is 0.384 e. The summed E-state index contributed by atoms with van der Waals surface area (Å²) in [6, 6.07) is 4.64. The van der Waals surface area contributed by atoms with E-state index in [9.17, 15) is 4.79 Å². The van der Waals surface area contributed by atoms with E-state index in [-0.39, 0.29) is 5.78 Å². The minimum atomic E-state index is 0.199. The minimum Gasteiger partial charge on any atom is -0.384 e. The molecule has 0 saturated carbocycles. The number of nitrogens with zero attached hydrogens (tertiary/aromatic N) is 1. The summed E-state index contributed by atoms with van der Waals surface area (Å²) >= 11 is 0. The summed E-state index contributed by atoms with van der Waals surface area (Å²) < 4.78 is 0. The average molecular weight is 298 g/mol. The molecule has 0 atom stereocenters. The summed E-state index contributed by atoms with van der Waals surface area (Å²) in [5.41, 5.74) is 6.49. The molecule has 1 aliphatic rings. The van der Waals surface area contributed by atoms with Crippen LogP contribution in [0.3, 0.4) is 0 Å². The van der Waals surface area contributed by atoms with Crippen LogP contribution < -0.4 is 10.8 Å². The summed E-state index contributed by atoms with van der Waals surface area (Å²) in [4.78, 5) is 13.1. The van der Waals surface area contributed by atoms with Crippen molar-refractivity contribution in [3.63, 3.8) is 0 Å². The van der Waals surface area contributed by atoms with Crippen LogP contribution in [0.2, 0.25) is 13.1 Å². The number of hydrogen-bond acceptors (Lipinski definition) is 3. The van der Waals surface area contributed by atoms with Crippen LogP contribution in [-0.2, 0) is 11.2 Å². The van der Waals surface area contributed by atoms with Gasteiger partial charge in [0, 0.05) is 18.8 Å². The summed E-state index contributed by atoms with van der Waals surface area (Å²) in [5.74, 6) is 0.199. The zero-order valence-electron chi connectivity index (χ0n) is 14.3. The van der Waals surface area contributed by atoms with Crippen LogP contribution in [0.5, 0.6) is 0 Å². The molecule has 1 aromatic rings. The molecule has 1 heterocycles. The van der Waals surface area contributed by atoms with Crippen molar-refractivity contribution in [2.24, 2.45) is 0 Å². The Balaban J connectivity index is 1.96. The maximum atomic E-state index is 11.1. The highest BCUT2D eigenvalue weighted by Crippen LogP contribution is 2.21. The van der Waals surface area contributed by atoms with E-state index in [1.807, 2.05) is 11.9 Å². The average Bonchev–Trinajstić information content (AvgIpc) is 2.77. The minimum absolute atomic E-state index is 0.199. The molecule has 118 valence electrons. The summed E-state index contributed by atoms with van der Waals surface area (Å²) in [6.45, 7) is 13.1. The molecule has 0 spiro atoms. The van der Waals surface area contributed by atoms with Crippen LogP contribution in [0.4, 0.5) is 0 Å². The Bertz CT molecular complexity index is 583. The number of hydrogen-bond donors (Lipinski definition) is 1. The number of nitrogens with one attached hydrogen (secondary N) is 1. The first kappa shape index (κ1) is 16.8. The van der Waals surface area contributed by atoms with Gasteiger partial charge in [0.25, 0.3) is 0 Å². The second-order valence-electron chi connectivity index (χ2n) is 6.65. The van der Waals surface area contributed by atoms with Crippen molar-refractivity contribution in [3.05, 3.63) is 35.4 Å². The lowest BCUT2D eigenvalue weighted by Gasteiger charge is -2.18. The number of ketones is 1. The number of likely N-dealkylation sites (N-methyl/N-ethyl adjacent to an activating group) is 1. The molecule has 0 aliphatic carbocycles. The van der Waals surface area contributed by atoms with Crippen molar-refractivity contribution in [2.75, 3.05) is 26.7 Å². The fourth-order valence-corrected chi connectivity index (χ4v) is 3.26. The lowest BCUT2D eigenvalue weighted by Crippen LogP contribution is -2.32. The normalized spacial score (nSPS) is 13.4. The number of fused-ring (bicyclic) bond motifs is 1. The van der Waals surface area contributed by atoms with Gasteiger partial charge in [0.2, 0.25) is 0 Å². The van der Waals surface area contributed by atoms with E-state index in [1.54, 1.807) is 6.92 Å². The van der Waals surface area contributed by atoms with E-state index in [2.05, 4.69) is 37.8 Å². The van der Waals surface area contributed by atoms with Crippen LogP contribution in [0.15, 0.2) is 18.7 Å². The molecule has 0 radical (unpaired) electrons. The van der Waals surface area contributed by atoms with Gasteiger partial charge < -0.3 is 5.32 Å². The highest BCUT2D eigenvalue weighted by molar-refractivity contribution is 6.73. The molecule has 1 aliphatic heterocycles. The monoisotopic (exact) mass is 298 g/mol. The Hall–Kier alpha value is -1.55. The van der Waals surface area contributed by atoms with Gasteiger partial charge in [-0.1, -0.05) is 42.9 Å². The van der Waals surface area contributed by atoms with Gasteiger partial charge in [-0.2, -0.15) is 0 Å². The zero-order chi connectivity index (χ0) is 16.3. The van der Waals surface area contributed by atoms with Gasteiger partial charge in [0.1, 0.15) is 5.78 Å². The molecule has 0 aromatic heterocycles. The van der Waals surface area contributed by atoms with Crippen molar-refractivity contribution in [1.29, 1.82) is 0 Å². The number of carbonyl (C=O) groups is 1. The smallest absolute Gasteiger partial charge is 0.173 e. The number of carbonyl (C=O) groups excluding carboxylic acids is 1. The highest BCUT2D eigenvalue weighted by Gasteiger charge is 2.22. The van der Waals surface area contributed by atoms with Crippen molar-refractivity contribution in [1.82, 2.24) is 10.2 Å². The van der Waals surface area contributed by atoms with Crippen molar-refractivity contribution in [2.45, 2.75) is 33.4 Å². The Labute approximate surface area is 134 Å². The van der Waals surface area contributed by atoms with E-state index in [0.29, 0.717) is 13.3 Å². The number of Topliss-reactive ketones (excluding diaryl/α,β-unsaturated/α-hetero) is 1. The van der Waals surface area contributed by atoms with Gasteiger partial charge in [0.15, 0.2) is 6.71 Å². The Morgan fingerprint density at radius 3 is 2.86 bits per heavy atom. The van der Waals surface area contributed by atoms with E-state index in [4.69, 9.17) is 0 Å². The summed E-state index contributed by atoms with van der Waals surface area (Å²) in [5, 5.41) is 3.40. The highest BCUT2D eigenvalue weighted by atomic mass is 16.1. The molecule has 0 fully saturated rings. The third kappa shape index (κ3) is 4.01. The molecule has 0 saturated heterocycles. The lowest BCUT2D eigenvalue weighted by atomic mass is 9.48. The van der Waals surface area contributed by atoms with Gasteiger partial charge in [0.05, 0.1) is 6.54 Å². The molecule has 1 N–H and O–H groups in total. The molecule has 4 heteroatoms. The van der Waals surface area contributed by atoms with Crippen LogP contribution in [-0.4, -0.2) is 44.1 Å². The number of rotatable bonds is 7. The molecule has 2 rings (SSSR count). The predicted molar refractivity (Wildman–Crippen MR) is 96.2 cm³/mol. The first-order valence-corrected chi connectivity index (χ1v) is 8.13. The standard InChI is InChI=1S/C18H27BN2O/c1-13-10-16-6-7-19(4)18(16)11-17(13)15(3)20-8-9-21(5)12-14(2)22/h10-11,20H,3,6-9,12H2,1-2,4-5H3. The third-order valence-corrected chi connectivity index (χ3v) is 4.51. The van der Waals surface area contributed by atoms with Crippen LogP contribution in [0, 0.1) is 6.92 Å². The molecular formula is C18H27BN2O. The molecule has 3 nitrogen and oxygen atoms in total. The third-order valence-electron chi connectivity index (χ3n) is 4.51. The maximum Gasteiger partial charge on any atom is 0.173 e. The van der Waals surface area contributed by atoms with E-state index in [0.717, 1.165) is 18.8 Å². The first-order valence-electron chi connectivity index (χ1n) is 8.13. The second kappa shape index (κ2) is 7.14. The van der Waals surface area contributed by atoms with Gasteiger partial charge in [-0.05, 0) is 38.4 Å². The maximum absolute atomic E-state index is 11.1. The number of aryl methyl sites for hydroxylation is 2. The van der Waals surface area contributed by atoms with Crippen molar-refractivity contribution < 1.29 is 4.79 Å². The van der Waals surface area contributed by atoms with Crippen molar-refractivity contribution in [3.8, 4) is 0 Å². The van der Waals surface area contributed by atoms with E-state index >= 15 is 0 Å². The van der Waals surface area contributed by atoms with E-state index < -0.39 is 0 Å². The molecule has 0 unspecified atom stereocenters. The summed E-state index contributed by atoms with van der Waals surface area (Å²) in [7, 11) is 1.97. The molecule has 1 aromatic carbocycles. The first-order chi connectivity index (χ1) is 10.4. The molecule has 0 amide bonds. The number of benzene rings is 1. The summed E-state index contributed by atoms with van der Waals surface area (Å²) in [6.07, 6.45) is 2.46. The van der Waals surface area contributed by atoms with Crippen LogP contribution in [0.1, 0.15) is 23.6 Å². The Kier molecular flexibility index (Phi) is 5.46. The molecular weight excluding hydrogens is 271 g/mol. The quantitative estimate of drug-likeness (QED) is 0.781. The topological polar surface area (TPSA) is 32.3 Å². The van der Waals surface area contributed by atoms with Gasteiger partial charge >= 0.3 is 0 Å². The molecule has 0 bridgehead atoms. The van der Waals surface area contributed by atoms with Crippen LogP contribution >= 0.6 is 0 Å².